The number of aromatic nitrogens is 5. The van der Waals surface area contributed by atoms with E-state index < -0.39 is 11.2 Å². The highest BCUT2D eigenvalue weighted by Crippen LogP contribution is 2.46. The fourth-order valence-corrected chi connectivity index (χ4v) is 7.93. The Balaban J connectivity index is 1.23. The Morgan fingerprint density at radius 3 is 2.48 bits per heavy atom. The van der Waals surface area contributed by atoms with E-state index in [2.05, 4.69) is 31.6 Å². The van der Waals surface area contributed by atoms with Gasteiger partial charge in [-0.05, 0) is 56.3 Å². The lowest BCUT2D eigenvalue weighted by atomic mass is 9.99. The predicted octanol–water partition coefficient (Wildman–Crippen LogP) is 5.18. The number of ether oxygens (including phenoxy) is 1. The summed E-state index contributed by atoms with van der Waals surface area (Å²) in [4.78, 5) is 52.9. The van der Waals surface area contributed by atoms with E-state index in [4.69, 9.17) is 32.9 Å². The molecule has 1 amide bonds. The monoisotopic (exact) mass is 714 g/mol. The molecule has 2 aliphatic rings. The van der Waals surface area contributed by atoms with Gasteiger partial charge in [-0.25, -0.2) is 19.7 Å². The summed E-state index contributed by atoms with van der Waals surface area (Å²) in [6.07, 6.45) is 3.67. The number of rotatable bonds is 9. The summed E-state index contributed by atoms with van der Waals surface area (Å²) in [7, 11) is 4.63. The molecule has 5 aromatic rings. The number of amides is 1. The van der Waals surface area contributed by atoms with Crippen molar-refractivity contribution in [3.63, 3.8) is 0 Å². The zero-order valence-corrected chi connectivity index (χ0v) is 29.6. The third kappa shape index (κ3) is 5.80. The van der Waals surface area contributed by atoms with E-state index in [1.54, 1.807) is 27.1 Å². The average Bonchev–Trinajstić information content (AvgIpc) is 3.76. The first-order valence-corrected chi connectivity index (χ1v) is 17.1. The second-order valence-electron chi connectivity index (χ2n) is 12.8. The van der Waals surface area contributed by atoms with Crippen LogP contribution in [0.5, 0.6) is 5.88 Å². The van der Waals surface area contributed by atoms with Gasteiger partial charge in [-0.2, -0.15) is 0 Å². The highest BCUT2D eigenvalue weighted by Gasteiger charge is 2.36. The molecule has 0 bridgehead atoms. The Morgan fingerprint density at radius 2 is 1.72 bits per heavy atom. The molecule has 0 spiro atoms. The SMILES string of the molecule is COc1nc(-c2cccc(-c3cccc(Nc4nc(C)nc5c4c(=O)n(C)c(=O)n5C)c3Cl)c2Cl)cc2c1[C@H](N1CCC(CNC=O)C1)CC2. The molecule has 12 nitrogen and oxygen atoms in total. The molecule has 2 aromatic carbocycles. The van der Waals surface area contributed by atoms with Crippen molar-refractivity contribution in [2.45, 2.75) is 32.2 Å². The predicted molar refractivity (Wildman–Crippen MR) is 195 cm³/mol. The lowest BCUT2D eigenvalue weighted by molar-refractivity contribution is -0.109. The summed E-state index contributed by atoms with van der Waals surface area (Å²) in [5.41, 5.74) is 4.83. The highest BCUT2D eigenvalue weighted by atomic mass is 35.5. The molecule has 1 aliphatic heterocycles. The van der Waals surface area contributed by atoms with E-state index >= 15 is 0 Å². The number of benzene rings is 2. The second-order valence-corrected chi connectivity index (χ2v) is 13.6. The quantitative estimate of drug-likeness (QED) is 0.198. The van der Waals surface area contributed by atoms with E-state index in [1.165, 1.54) is 17.2 Å². The highest BCUT2D eigenvalue weighted by molar-refractivity contribution is 6.39. The van der Waals surface area contributed by atoms with Crippen LogP contribution in [0.3, 0.4) is 0 Å². The number of carbonyl (C=O) groups is 1. The Bertz CT molecular complexity index is 2290. The first-order chi connectivity index (χ1) is 24.1. The largest absolute Gasteiger partial charge is 0.481 e. The van der Waals surface area contributed by atoms with Gasteiger partial charge in [0.15, 0.2) is 5.65 Å². The van der Waals surface area contributed by atoms with Crippen molar-refractivity contribution < 1.29 is 9.53 Å². The van der Waals surface area contributed by atoms with Gasteiger partial charge in [0.2, 0.25) is 12.3 Å². The van der Waals surface area contributed by atoms with Gasteiger partial charge < -0.3 is 15.4 Å². The maximum absolute atomic E-state index is 13.2. The van der Waals surface area contributed by atoms with Crippen LogP contribution in [0, 0.1) is 12.8 Å². The maximum Gasteiger partial charge on any atom is 0.332 e. The molecule has 258 valence electrons. The third-order valence-electron chi connectivity index (χ3n) is 9.80. The number of aryl methyl sites for hydroxylation is 3. The summed E-state index contributed by atoms with van der Waals surface area (Å²) in [6, 6.07) is 13.6. The number of carbonyl (C=O) groups excluding carboxylic acids is 1. The molecule has 14 heteroatoms. The Hall–Kier alpha value is -4.78. The van der Waals surface area contributed by atoms with Gasteiger partial charge in [-0.15, -0.1) is 0 Å². The van der Waals surface area contributed by atoms with Crippen molar-refractivity contribution in [3.05, 3.63) is 90.3 Å². The number of hydrogen-bond donors (Lipinski definition) is 2. The van der Waals surface area contributed by atoms with Crippen molar-refractivity contribution in [1.29, 1.82) is 0 Å². The Morgan fingerprint density at radius 1 is 0.980 bits per heavy atom. The summed E-state index contributed by atoms with van der Waals surface area (Å²) in [5, 5.41) is 7.06. The van der Waals surface area contributed by atoms with Crippen molar-refractivity contribution in [2.75, 3.05) is 32.1 Å². The molecule has 3 aromatic heterocycles. The van der Waals surface area contributed by atoms with Crippen molar-refractivity contribution in [1.82, 2.24) is 34.3 Å². The van der Waals surface area contributed by atoms with Gasteiger partial charge in [0, 0.05) is 55.5 Å². The zero-order chi connectivity index (χ0) is 35.3. The fraction of sp³-hybridized carbons (Fsp3) is 0.333. The van der Waals surface area contributed by atoms with Crippen LogP contribution in [0.4, 0.5) is 11.5 Å². The summed E-state index contributed by atoms with van der Waals surface area (Å²) in [6.45, 7) is 4.26. The number of pyridine rings is 1. The van der Waals surface area contributed by atoms with Crippen LogP contribution < -0.4 is 26.6 Å². The molecular formula is C36H36Cl2N8O4. The molecule has 1 fully saturated rings. The van der Waals surface area contributed by atoms with Gasteiger partial charge in [0.05, 0.1) is 28.5 Å². The lowest BCUT2D eigenvalue weighted by Crippen LogP contribution is -2.37. The summed E-state index contributed by atoms with van der Waals surface area (Å²) < 4.78 is 8.24. The van der Waals surface area contributed by atoms with Gasteiger partial charge >= 0.3 is 5.69 Å². The van der Waals surface area contributed by atoms with Crippen LogP contribution in [-0.2, 0) is 25.3 Å². The van der Waals surface area contributed by atoms with Crippen LogP contribution in [0.25, 0.3) is 33.4 Å². The number of fused-ring (bicyclic) bond motifs is 2. The maximum atomic E-state index is 13.2. The number of methoxy groups -OCH3 is 1. The molecule has 0 radical (unpaired) electrons. The van der Waals surface area contributed by atoms with Crippen LogP contribution in [0.1, 0.15) is 35.8 Å². The number of likely N-dealkylation sites (tertiary alicyclic amines) is 1. The smallest absolute Gasteiger partial charge is 0.332 e. The molecule has 1 unspecified atom stereocenters. The standard InChI is InChI=1S/C36H36Cl2N8O4/c1-19-40-32(29-33(41-19)44(2)36(49)45(3)35(29)48)42-25-10-6-8-23(31(25)38)22-7-5-9-24(30(22)37)26-15-21-11-12-27(28(21)34(43-26)50-4)46-14-13-20(17-46)16-39-18-47/h5-10,15,18,20,27H,11-14,16-17H2,1-4H3,(H,39,47)(H,40,41,42)/t20?,27-/m1/s1. The molecule has 7 rings (SSSR count). The minimum absolute atomic E-state index is 0.167. The van der Waals surface area contributed by atoms with Crippen LogP contribution in [0.15, 0.2) is 52.1 Å². The van der Waals surface area contributed by atoms with Gasteiger partial charge in [-0.1, -0.05) is 53.5 Å². The van der Waals surface area contributed by atoms with Crippen molar-refractivity contribution in [3.8, 4) is 28.3 Å². The normalized spacial score (nSPS) is 17.2. The van der Waals surface area contributed by atoms with Crippen LogP contribution in [0.2, 0.25) is 10.0 Å². The molecule has 1 saturated heterocycles. The molecule has 2 atom stereocenters. The van der Waals surface area contributed by atoms with Gasteiger partial charge in [0.1, 0.15) is 17.0 Å². The third-order valence-corrected chi connectivity index (χ3v) is 10.6. The molecule has 1 aliphatic carbocycles. The minimum Gasteiger partial charge on any atom is -0.481 e. The van der Waals surface area contributed by atoms with Gasteiger partial charge in [0.25, 0.3) is 5.56 Å². The number of halogens is 2. The minimum atomic E-state index is -0.520. The molecule has 2 N–H and O–H groups in total. The van der Waals surface area contributed by atoms with Crippen LogP contribution >= 0.6 is 23.2 Å². The number of hydrogen-bond acceptors (Lipinski definition) is 9. The molecule has 4 heterocycles. The molecular weight excluding hydrogens is 679 g/mol. The van der Waals surface area contributed by atoms with Crippen molar-refractivity contribution in [2.24, 2.45) is 20.0 Å². The van der Waals surface area contributed by atoms with E-state index in [9.17, 15) is 14.4 Å². The van der Waals surface area contributed by atoms with Crippen molar-refractivity contribution >= 4 is 52.2 Å². The van der Waals surface area contributed by atoms with E-state index in [1.807, 2.05) is 30.3 Å². The first-order valence-electron chi connectivity index (χ1n) is 16.4. The lowest BCUT2D eigenvalue weighted by Gasteiger charge is -2.26. The first kappa shape index (κ1) is 33.7. The van der Waals surface area contributed by atoms with E-state index in [-0.39, 0.29) is 22.9 Å². The number of nitrogens with one attached hydrogen (secondary N) is 2. The van der Waals surface area contributed by atoms with Gasteiger partial charge in [-0.3, -0.25) is 23.6 Å². The van der Waals surface area contributed by atoms with Crippen LogP contribution in [-0.4, -0.2) is 62.1 Å². The number of nitrogens with zero attached hydrogens (tertiary/aromatic N) is 6. The second kappa shape index (κ2) is 13.5. The Kier molecular flexibility index (Phi) is 9.10. The molecule has 50 heavy (non-hydrogen) atoms. The topological polar surface area (TPSA) is 136 Å². The Labute approximate surface area is 298 Å². The summed E-state index contributed by atoms with van der Waals surface area (Å²) in [5.74, 6) is 1.64. The average molecular weight is 716 g/mol. The zero-order valence-electron chi connectivity index (χ0n) is 28.1. The number of anilines is 2. The molecule has 0 saturated carbocycles. The fourth-order valence-electron chi connectivity index (χ4n) is 7.33. The summed E-state index contributed by atoms with van der Waals surface area (Å²) >= 11 is 14.2. The van der Waals surface area contributed by atoms with E-state index in [0.29, 0.717) is 56.7 Å². The van der Waals surface area contributed by atoms with E-state index in [0.717, 1.165) is 54.5 Å².